The molecule has 0 aliphatic carbocycles. The van der Waals surface area contributed by atoms with E-state index in [1.807, 2.05) is 9.80 Å². The van der Waals surface area contributed by atoms with Gasteiger partial charge in [-0.1, -0.05) is 0 Å². The van der Waals surface area contributed by atoms with Crippen molar-refractivity contribution in [3.63, 3.8) is 0 Å². The van der Waals surface area contributed by atoms with Crippen molar-refractivity contribution in [3.8, 4) is 0 Å². The van der Waals surface area contributed by atoms with Crippen LogP contribution in [-0.4, -0.2) is 76.4 Å². The van der Waals surface area contributed by atoms with Crippen molar-refractivity contribution in [2.75, 3.05) is 39.0 Å². The van der Waals surface area contributed by atoms with E-state index in [4.69, 9.17) is 0 Å². The Morgan fingerprint density at radius 3 is 2.68 bits per heavy atom. The Balaban J connectivity index is 1.72. The van der Waals surface area contributed by atoms with E-state index < -0.39 is 0 Å². The van der Waals surface area contributed by atoms with E-state index in [0.29, 0.717) is 6.42 Å². The van der Waals surface area contributed by atoms with Gasteiger partial charge in [0.1, 0.15) is 6.04 Å². The summed E-state index contributed by atoms with van der Waals surface area (Å²) in [5.41, 5.74) is 0. The van der Waals surface area contributed by atoms with Crippen molar-refractivity contribution in [1.29, 1.82) is 0 Å². The Bertz CT molecular complexity index is 409. The van der Waals surface area contributed by atoms with E-state index in [-0.39, 0.29) is 22.7 Å². The second kappa shape index (κ2) is 4.66. The third kappa shape index (κ3) is 2.14. The van der Waals surface area contributed by atoms with Gasteiger partial charge in [0.2, 0.25) is 11.8 Å². The van der Waals surface area contributed by atoms with Gasteiger partial charge in [-0.05, 0) is 20.4 Å². The summed E-state index contributed by atoms with van der Waals surface area (Å²) in [4.78, 5) is 30.6. The van der Waals surface area contributed by atoms with Crippen LogP contribution >= 0.6 is 11.8 Å². The van der Waals surface area contributed by atoms with Crippen molar-refractivity contribution in [1.82, 2.24) is 14.7 Å². The molecule has 3 fully saturated rings. The van der Waals surface area contributed by atoms with Gasteiger partial charge < -0.3 is 14.7 Å². The van der Waals surface area contributed by atoms with E-state index >= 15 is 0 Å². The predicted octanol–water partition coefficient (Wildman–Crippen LogP) is 0.214. The SMILES string of the molecule is CN1CCN(C(=O)[C@H]2CS[C@@]3(C)CCC(=O)N23)CC1. The monoisotopic (exact) mass is 283 g/mol. The molecule has 0 radical (unpaired) electrons. The molecule has 5 nitrogen and oxygen atoms in total. The highest BCUT2D eigenvalue weighted by molar-refractivity contribution is 8.01. The summed E-state index contributed by atoms with van der Waals surface area (Å²) in [5.74, 6) is 1.06. The summed E-state index contributed by atoms with van der Waals surface area (Å²) in [6, 6.07) is -0.228. The molecule has 19 heavy (non-hydrogen) atoms. The van der Waals surface area contributed by atoms with Crippen LogP contribution in [0.3, 0.4) is 0 Å². The maximum atomic E-state index is 12.6. The van der Waals surface area contributed by atoms with Crippen LogP contribution in [0, 0.1) is 0 Å². The van der Waals surface area contributed by atoms with Gasteiger partial charge in [0.05, 0.1) is 4.87 Å². The Morgan fingerprint density at radius 1 is 1.32 bits per heavy atom. The van der Waals surface area contributed by atoms with Crippen LogP contribution in [0.1, 0.15) is 19.8 Å². The van der Waals surface area contributed by atoms with Crippen LogP contribution in [0.4, 0.5) is 0 Å². The van der Waals surface area contributed by atoms with Crippen LogP contribution in [0.15, 0.2) is 0 Å². The number of fused-ring (bicyclic) bond motifs is 1. The number of carbonyl (C=O) groups is 2. The van der Waals surface area contributed by atoms with Crippen LogP contribution < -0.4 is 0 Å². The number of amides is 2. The molecule has 2 atom stereocenters. The number of rotatable bonds is 1. The molecule has 6 heteroatoms. The quantitative estimate of drug-likeness (QED) is 0.690. The molecule has 0 spiro atoms. The predicted molar refractivity (Wildman–Crippen MR) is 74.8 cm³/mol. The summed E-state index contributed by atoms with van der Waals surface area (Å²) in [6.07, 6.45) is 1.47. The Morgan fingerprint density at radius 2 is 2.00 bits per heavy atom. The first-order valence-electron chi connectivity index (χ1n) is 6.95. The van der Waals surface area contributed by atoms with Gasteiger partial charge in [-0.25, -0.2) is 0 Å². The molecule has 3 rings (SSSR count). The van der Waals surface area contributed by atoms with Gasteiger partial charge in [-0.15, -0.1) is 11.8 Å². The van der Waals surface area contributed by atoms with Crippen molar-refractivity contribution in [3.05, 3.63) is 0 Å². The van der Waals surface area contributed by atoms with Crippen molar-refractivity contribution < 1.29 is 9.59 Å². The summed E-state index contributed by atoms with van der Waals surface area (Å²) in [5, 5.41) is 0. The fraction of sp³-hybridized carbons (Fsp3) is 0.846. The molecule has 0 aromatic carbocycles. The van der Waals surface area contributed by atoms with Crippen molar-refractivity contribution >= 4 is 23.6 Å². The molecule has 0 unspecified atom stereocenters. The molecule has 0 N–H and O–H groups in total. The average Bonchev–Trinajstić information content (AvgIpc) is 2.87. The topological polar surface area (TPSA) is 43.9 Å². The van der Waals surface area contributed by atoms with E-state index in [0.717, 1.165) is 38.4 Å². The van der Waals surface area contributed by atoms with Crippen molar-refractivity contribution in [2.24, 2.45) is 0 Å². The van der Waals surface area contributed by atoms with E-state index in [9.17, 15) is 9.59 Å². The molecular formula is C13H21N3O2S. The normalized spacial score (nSPS) is 35.9. The fourth-order valence-electron chi connectivity index (χ4n) is 3.24. The van der Waals surface area contributed by atoms with E-state index in [1.54, 1.807) is 11.8 Å². The van der Waals surface area contributed by atoms with Crippen molar-refractivity contribution in [2.45, 2.75) is 30.7 Å². The summed E-state index contributed by atoms with van der Waals surface area (Å²) >= 11 is 1.77. The van der Waals surface area contributed by atoms with E-state index in [2.05, 4.69) is 18.9 Å². The second-order valence-corrected chi connectivity index (χ2v) is 7.40. The number of likely N-dealkylation sites (N-methyl/N-ethyl adjacent to an activating group) is 1. The molecule has 106 valence electrons. The summed E-state index contributed by atoms with van der Waals surface area (Å²) in [6.45, 7) is 5.53. The fourth-order valence-corrected chi connectivity index (χ4v) is 4.66. The molecular weight excluding hydrogens is 262 g/mol. The lowest BCUT2D eigenvalue weighted by Gasteiger charge is -2.36. The highest BCUT2D eigenvalue weighted by atomic mass is 32.2. The highest BCUT2D eigenvalue weighted by Gasteiger charge is 2.53. The second-order valence-electron chi connectivity index (χ2n) is 5.89. The largest absolute Gasteiger partial charge is 0.338 e. The van der Waals surface area contributed by atoms with Gasteiger partial charge in [-0.3, -0.25) is 9.59 Å². The molecule has 0 saturated carbocycles. The van der Waals surface area contributed by atoms with Crippen LogP contribution in [0.25, 0.3) is 0 Å². The minimum absolute atomic E-state index is 0.135. The minimum atomic E-state index is -0.228. The third-order valence-corrected chi connectivity index (χ3v) is 6.05. The molecule has 0 aromatic heterocycles. The standard InChI is InChI=1S/C13H21N3O2S/c1-13-4-3-11(17)16(13)10(9-19-13)12(18)15-7-5-14(2)6-8-15/h10H,3-9H2,1-2H3/t10-,13+/m1/s1. The van der Waals surface area contributed by atoms with Gasteiger partial charge >= 0.3 is 0 Å². The highest BCUT2D eigenvalue weighted by Crippen LogP contribution is 2.47. The number of thioether (sulfide) groups is 1. The Kier molecular flexibility index (Phi) is 3.25. The van der Waals surface area contributed by atoms with Gasteiger partial charge in [0.25, 0.3) is 0 Å². The number of hydrogen-bond acceptors (Lipinski definition) is 4. The summed E-state index contributed by atoms with van der Waals surface area (Å²) < 4.78 is 0. The first-order valence-corrected chi connectivity index (χ1v) is 7.93. The first kappa shape index (κ1) is 13.2. The zero-order valence-corrected chi connectivity index (χ0v) is 12.4. The smallest absolute Gasteiger partial charge is 0.246 e. The van der Waals surface area contributed by atoms with Crippen LogP contribution in [-0.2, 0) is 9.59 Å². The molecule has 0 aromatic rings. The van der Waals surface area contributed by atoms with E-state index in [1.165, 1.54) is 0 Å². The lowest BCUT2D eigenvalue weighted by Crippen LogP contribution is -2.55. The first-order chi connectivity index (χ1) is 9.01. The zero-order valence-electron chi connectivity index (χ0n) is 11.6. The molecule has 3 heterocycles. The number of nitrogens with zero attached hydrogens (tertiary/aromatic N) is 3. The van der Waals surface area contributed by atoms with Crippen LogP contribution in [0.5, 0.6) is 0 Å². The molecule has 3 aliphatic heterocycles. The maximum Gasteiger partial charge on any atom is 0.246 e. The number of hydrogen-bond donors (Lipinski definition) is 0. The van der Waals surface area contributed by atoms with Gasteiger partial charge in [0, 0.05) is 38.4 Å². The van der Waals surface area contributed by atoms with Gasteiger partial charge in [-0.2, -0.15) is 0 Å². The third-order valence-electron chi connectivity index (χ3n) is 4.54. The maximum absolute atomic E-state index is 12.6. The van der Waals surface area contributed by atoms with Crippen LogP contribution in [0.2, 0.25) is 0 Å². The Labute approximate surface area is 118 Å². The Hall–Kier alpha value is -0.750. The molecule has 2 amide bonds. The lowest BCUT2D eigenvalue weighted by atomic mass is 10.2. The molecule has 3 saturated heterocycles. The van der Waals surface area contributed by atoms with Gasteiger partial charge in [0.15, 0.2) is 0 Å². The average molecular weight is 283 g/mol. The lowest BCUT2D eigenvalue weighted by molar-refractivity contribution is -0.144. The minimum Gasteiger partial charge on any atom is -0.338 e. The number of piperazine rings is 1. The molecule has 3 aliphatic rings. The summed E-state index contributed by atoms with van der Waals surface area (Å²) in [7, 11) is 2.08. The number of carbonyl (C=O) groups excluding carboxylic acids is 2. The zero-order chi connectivity index (χ0) is 13.6. The molecule has 0 bridgehead atoms.